The highest BCUT2D eigenvalue weighted by atomic mass is 19.2. The summed E-state index contributed by atoms with van der Waals surface area (Å²) in [4.78, 5) is 0. The van der Waals surface area contributed by atoms with Gasteiger partial charge in [-0.25, -0.2) is 8.78 Å². The van der Waals surface area contributed by atoms with Crippen LogP contribution in [0.4, 0.5) is 8.78 Å². The second-order valence-corrected chi connectivity index (χ2v) is 4.85. The van der Waals surface area contributed by atoms with Crippen LogP contribution in [0.3, 0.4) is 0 Å². The second kappa shape index (κ2) is 5.49. The fourth-order valence-electron chi connectivity index (χ4n) is 2.21. The van der Waals surface area contributed by atoms with Gasteiger partial charge in [-0.1, -0.05) is 24.3 Å². The Bertz CT molecular complexity index is 593. The highest BCUT2D eigenvalue weighted by Gasteiger charge is 2.12. The average molecular weight is 261 g/mol. The molecule has 0 radical (unpaired) electrons. The molecule has 0 heterocycles. The summed E-state index contributed by atoms with van der Waals surface area (Å²) in [6.07, 6.45) is 0.488. The largest absolute Gasteiger partial charge is 0.324 e. The van der Waals surface area contributed by atoms with E-state index in [0.29, 0.717) is 12.0 Å². The molecule has 3 heteroatoms. The fourth-order valence-corrected chi connectivity index (χ4v) is 2.21. The molecule has 0 aliphatic heterocycles. The maximum Gasteiger partial charge on any atom is 0.159 e. The van der Waals surface area contributed by atoms with Crippen LogP contribution < -0.4 is 5.73 Å². The van der Waals surface area contributed by atoms with Gasteiger partial charge in [-0.05, 0) is 54.7 Å². The molecule has 0 aliphatic carbocycles. The van der Waals surface area contributed by atoms with Crippen molar-refractivity contribution in [2.24, 2.45) is 5.73 Å². The Kier molecular flexibility index (Phi) is 3.96. The third-order valence-electron chi connectivity index (χ3n) is 3.49. The molecular weight excluding hydrogens is 244 g/mol. The lowest BCUT2D eigenvalue weighted by atomic mass is 9.94. The Morgan fingerprint density at radius 3 is 2.47 bits per heavy atom. The number of aryl methyl sites for hydroxylation is 1. The normalized spacial score (nSPS) is 12.5. The van der Waals surface area contributed by atoms with Crippen molar-refractivity contribution in [2.75, 3.05) is 0 Å². The van der Waals surface area contributed by atoms with Gasteiger partial charge in [-0.3, -0.25) is 0 Å². The van der Waals surface area contributed by atoms with Crippen LogP contribution in [-0.2, 0) is 6.42 Å². The van der Waals surface area contributed by atoms with E-state index < -0.39 is 11.6 Å². The first-order valence-electron chi connectivity index (χ1n) is 6.24. The van der Waals surface area contributed by atoms with Gasteiger partial charge >= 0.3 is 0 Å². The zero-order valence-corrected chi connectivity index (χ0v) is 11.1. The Morgan fingerprint density at radius 1 is 1.05 bits per heavy atom. The van der Waals surface area contributed by atoms with Crippen LogP contribution in [0.15, 0.2) is 36.4 Å². The Labute approximate surface area is 112 Å². The molecule has 2 N–H and O–H groups in total. The van der Waals surface area contributed by atoms with Gasteiger partial charge in [0.1, 0.15) is 0 Å². The van der Waals surface area contributed by atoms with Crippen molar-refractivity contribution in [1.82, 2.24) is 0 Å². The summed E-state index contributed by atoms with van der Waals surface area (Å²) in [6.45, 7) is 4.05. The van der Waals surface area contributed by atoms with Crippen molar-refractivity contribution in [3.63, 3.8) is 0 Å². The first-order valence-corrected chi connectivity index (χ1v) is 6.24. The van der Waals surface area contributed by atoms with Gasteiger partial charge in [0.2, 0.25) is 0 Å². The molecular formula is C16H17F2N. The van der Waals surface area contributed by atoms with E-state index in [1.807, 2.05) is 32.0 Å². The van der Waals surface area contributed by atoms with E-state index in [-0.39, 0.29) is 6.04 Å². The summed E-state index contributed by atoms with van der Waals surface area (Å²) in [5.74, 6) is -1.66. The number of rotatable bonds is 3. The minimum Gasteiger partial charge on any atom is -0.324 e. The maximum absolute atomic E-state index is 13.2. The van der Waals surface area contributed by atoms with Gasteiger partial charge in [-0.15, -0.1) is 0 Å². The monoisotopic (exact) mass is 261 g/mol. The smallest absolute Gasteiger partial charge is 0.159 e. The SMILES string of the molecule is Cc1cccc(C(N)Cc2ccc(F)c(F)c2)c1C. The van der Waals surface area contributed by atoms with Gasteiger partial charge in [0.05, 0.1) is 0 Å². The van der Waals surface area contributed by atoms with Crippen molar-refractivity contribution in [3.8, 4) is 0 Å². The summed E-state index contributed by atoms with van der Waals surface area (Å²) in [5.41, 5.74) is 10.2. The Morgan fingerprint density at radius 2 is 1.79 bits per heavy atom. The molecule has 100 valence electrons. The van der Waals surface area contributed by atoms with Crippen molar-refractivity contribution >= 4 is 0 Å². The van der Waals surface area contributed by atoms with Gasteiger partial charge in [-0.2, -0.15) is 0 Å². The predicted octanol–water partition coefficient (Wildman–Crippen LogP) is 3.82. The van der Waals surface area contributed by atoms with Crippen LogP contribution in [0.2, 0.25) is 0 Å². The molecule has 0 spiro atoms. The van der Waals surface area contributed by atoms with Crippen LogP contribution >= 0.6 is 0 Å². The van der Waals surface area contributed by atoms with Gasteiger partial charge in [0, 0.05) is 6.04 Å². The quantitative estimate of drug-likeness (QED) is 0.893. The zero-order valence-electron chi connectivity index (χ0n) is 11.1. The molecule has 1 atom stereocenters. The number of halogens is 2. The van der Waals surface area contributed by atoms with Crippen LogP contribution in [-0.4, -0.2) is 0 Å². The van der Waals surface area contributed by atoms with E-state index in [2.05, 4.69) is 0 Å². The third-order valence-corrected chi connectivity index (χ3v) is 3.49. The van der Waals surface area contributed by atoms with Crippen molar-refractivity contribution in [1.29, 1.82) is 0 Å². The van der Waals surface area contributed by atoms with Crippen molar-refractivity contribution in [2.45, 2.75) is 26.3 Å². The molecule has 2 aromatic carbocycles. The van der Waals surface area contributed by atoms with Crippen molar-refractivity contribution in [3.05, 3.63) is 70.3 Å². The molecule has 0 saturated carbocycles. The lowest BCUT2D eigenvalue weighted by Gasteiger charge is -2.16. The zero-order chi connectivity index (χ0) is 14.0. The van der Waals surface area contributed by atoms with Crippen LogP contribution in [0, 0.1) is 25.5 Å². The van der Waals surface area contributed by atoms with Gasteiger partial charge in [0.15, 0.2) is 11.6 Å². The first-order chi connectivity index (χ1) is 8.99. The predicted molar refractivity (Wildman–Crippen MR) is 72.9 cm³/mol. The van der Waals surface area contributed by atoms with Crippen LogP contribution in [0.1, 0.15) is 28.3 Å². The van der Waals surface area contributed by atoms with Crippen LogP contribution in [0.5, 0.6) is 0 Å². The van der Waals surface area contributed by atoms with Gasteiger partial charge in [0.25, 0.3) is 0 Å². The molecule has 19 heavy (non-hydrogen) atoms. The molecule has 0 bridgehead atoms. The highest BCUT2D eigenvalue weighted by molar-refractivity contribution is 5.36. The maximum atomic E-state index is 13.2. The molecule has 0 amide bonds. The molecule has 0 fully saturated rings. The third kappa shape index (κ3) is 2.99. The minimum absolute atomic E-state index is 0.218. The van der Waals surface area contributed by atoms with Gasteiger partial charge < -0.3 is 5.73 Å². The molecule has 0 aliphatic rings. The van der Waals surface area contributed by atoms with E-state index >= 15 is 0 Å². The Hall–Kier alpha value is -1.74. The van der Waals surface area contributed by atoms with Crippen LogP contribution in [0.25, 0.3) is 0 Å². The second-order valence-electron chi connectivity index (χ2n) is 4.85. The average Bonchev–Trinajstić information content (AvgIpc) is 2.37. The first kappa shape index (κ1) is 13.7. The molecule has 0 saturated heterocycles. The number of hydrogen-bond acceptors (Lipinski definition) is 1. The summed E-state index contributed by atoms with van der Waals surface area (Å²) >= 11 is 0. The molecule has 2 rings (SSSR count). The number of nitrogens with two attached hydrogens (primary N) is 1. The molecule has 0 aromatic heterocycles. The lowest BCUT2D eigenvalue weighted by molar-refractivity contribution is 0.506. The summed E-state index contributed by atoms with van der Waals surface area (Å²) in [6, 6.07) is 9.67. The summed E-state index contributed by atoms with van der Waals surface area (Å²) in [5, 5.41) is 0. The van der Waals surface area contributed by atoms with Crippen molar-refractivity contribution < 1.29 is 8.78 Å². The van der Waals surface area contributed by atoms with E-state index in [0.717, 1.165) is 17.2 Å². The Balaban J connectivity index is 2.23. The number of hydrogen-bond donors (Lipinski definition) is 1. The molecule has 1 unspecified atom stereocenters. The topological polar surface area (TPSA) is 26.0 Å². The van der Waals surface area contributed by atoms with E-state index in [1.54, 1.807) is 6.07 Å². The minimum atomic E-state index is -0.830. The summed E-state index contributed by atoms with van der Waals surface area (Å²) < 4.78 is 26.0. The molecule has 1 nitrogen and oxygen atoms in total. The standard InChI is InChI=1S/C16H17F2N/c1-10-4-3-5-13(11(10)2)16(19)9-12-6-7-14(17)15(18)8-12/h3-8,16H,9,19H2,1-2H3. The van der Waals surface area contributed by atoms with E-state index in [9.17, 15) is 8.78 Å². The highest BCUT2D eigenvalue weighted by Crippen LogP contribution is 2.22. The fraction of sp³-hybridized carbons (Fsp3) is 0.250. The lowest BCUT2D eigenvalue weighted by Crippen LogP contribution is -2.15. The number of benzene rings is 2. The van der Waals surface area contributed by atoms with E-state index in [1.165, 1.54) is 11.6 Å². The summed E-state index contributed by atoms with van der Waals surface area (Å²) in [7, 11) is 0. The van der Waals surface area contributed by atoms with E-state index in [4.69, 9.17) is 5.73 Å². The molecule has 2 aromatic rings.